The molecule has 2 atom stereocenters. The molecule has 26 heavy (non-hydrogen) atoms. The van der Waals surface area contributed by atoms with Crippen LogP contribution in [0.4, 0.5) is 0 Å². The maximum absolute atomic E-state index is 12.5. The maximum atomic E-state index is 12.5. The number of nitriles is 1. The summed E-state index contributed by atoms with van der Waals surface area (Å²) in [6, 6.07) is 5.64. The molecule has 1 saturated heterocycles. The summed E-state index contributed by atoms with van der Waals surface area (Å²) < 4.78 is 7.77. The summed E-state index contributed by atoms with van der Waals surface area (Å²) in [4.78, 5) is 28.3. The van der Waals surface area contributed by atoms with E-state index in [2.05, 4.69) is 27.0 Å². The first-order valence-corrected chi connectivity index (χ1v) is 8.85. The largest absolute Gasteiger partial charge is 0.477 e. The smallest absolute Gasteiger partial charge is 0.341 e. The van der Waals surface area contributed by atoms with Crippen LogP contribution in [0, 0.1) is 23.2 Å². The Labute approximate surface area is 158 Å². The molecule has 2 aromatic heterocycles. The fourth-order valence-electron chi connectivity index (χ4n) is 3.02. The van der Waals surface area contributed by atoms with Crippen LogP contribution in [0.5, 0.6) is 0 Å². The first kappa shape index (κ1) is 18.3. The van der Waals surface area contributed by atoms with Gasteiger partial charge in [0.2, 0.25) is 5.43 Å². The van der Waals surface area contributed by atoms with E-state index in [1.54, 1.807) is 29.1 Å². The number of ether oxygens (including phenoxy) is 1. The molecule has 1 N–H and O–H groups in total. The van der Waals surface area contributed by atoms with E-state index in [4.69, 9.17) is 4.74 Å². The van der Waals surface area contributed by atoms with Gasteiger partial charge in [0.25, 0.3) is 0 Å². The first-order chi connectivity index (χ1) is 12.5. The molecule has 0 aliphatic carbocycles. The van der Waals surface area contributed by atoms with Crippen molar-refractivity contribution >= 4 is 21.9 Å². The van der Waals surface area contributed by atoms with E-state index >= 15 is 0 Å². The molecular formula is C18H16BrN3O4. The second-order valence-corrected chi connectivity index (χ2v) is 7.05. The van der Waals surface area contributed by atoms with Crippen LogP contribution in [0.2, 0.25) is 0 Å². The zero-order valence-corrected chi connectivity index (χ0v) is 15.3. The van der Waals surface area contributed by atoms with Gasteiger partial charge in [0.05, 0.1) is 29.9 Å². The van der Waals surface area contributed by atoms with Crippen LogP contribution in [0.1, 0.15) is 16.8 Å². The highest BCUT2D eigenvalue weighted by molar-refractivity contribution is 9.10. The molecule has 0 bridgehead atoms. The summed E-state index contributed by atoms with van der Waals surface area (Å²) in [5, 5.41) is 18.7. The highest BCUT2D eigenvalue weighted by Gasteiger charge is 2.26. The van der Waals surface area contributed by atoms with Gasteiger partial charge in [0, 0.05) is 36.2 Å². The van der Waals surface area contributed by atoms with Crippen LogP contribution in [0.15, 0.2) is 40.0 Å². The number of pyridine rings is 2. The van der Waals surface area contributed by atoms with Gasteiger partial charge in [-0.15, -0.1) is 0 Å². The number of carboxylic acid groups (broad SMARTS) is 1. The van der Waals surface area contributed by atoms with E-state index in [0.29, 0.717) is 31.9 Å². The molecule has 3 heterocycles. The molecule has 0 spiro atoms. The van der Waals surface area contributed by atoms with E-state index < -0.39 is 11.4 Å². The number of hydrogen-bond acceptors (Lipinski definition) is 5. The Morgan fingerprint density at radius 1 is 1.46 bits per heavy atom. The fourth-order valence-corrected chi connectivity index (χ4v) is 3.26. The molecule has 8 heteroatoms. The molecule has 7 nitrogen and oxygen atoms in total. The van der Waals surface area contributed by atoms with Crippen molar-refractivity contribution in [2.24, 2.45) is 11.8 Å². The lowest BCUT2D eigenvalue weighted by Gasteiger charge is -2.27. The Bertz CT molecular complexity index is 918. The van der Waals surface area contributed by atoms with Gasteiger partial charge in [0.15, 0.2) is 0 Å². The average Bonchev–Trinajstić information content (AvgIpc) is 2.64. The van der Waals surface area contributed by atoms with Gasteiger partial charge in [-0.05, 0) is 40.4 Å². The third-order valence-electron chi connectivity index (χ3n) is 4.42. The lowest BCUT2D eigenvalue weighted by atomic mass is 9.89. The molecule has 2 unspecified atom stereocenters. The second kappa shape index (κ2) is 7.81. The second-order valence-electron chi connectivity index (χ2n) is 6.14. The number of rotatable bonds is 4. The minimum atomic E-state index is -1.29. The van der Waals surface area contributed by atoms with Gasteiger partial charge in [-0.1, -0.05) is 0 Å². The quantitative estimate of drug-likeness (QED) is 0.818. The molecule has 0 saturated carbocycles. The summed E-state index contributed by atoms with van der Waals surface area (Å²) >= 11 is 3.29. The van der Waals surface area contributed by atoms with E-state index in [0.717, 1.165) is 4.47 Å². The zero-order chi connectivity index (χ0) is 18.7. The highest BCUT2D eigenvalue weighted by atomic mass is 79.9. The molecule has 1 aliphatic heterocycles. The van der Waals surface area contributed by atoms with Crippen LogP contribution in [0.3, 0.4) is 0 Å². The van der Waals surface area contributed by atoms with Crippen molar-refractivity contribution < 1.29 is 14.6 Å². The molecule has 1 fully saturated rings. The fraction of sp³-hybridized carbons (Fsp3) is 0.333. The van der Waals surface area contributed by atoms with Gasteiger partial charge in [-0.2, -0.15) is 5.26 Å². The zero-order valence-electron chi connectivity index (χ0n) is 13.8. The normalized spacial score (nSPS) is 19.7. The first-order valence-electron chi connectivity index (χ1n) is 8.06. The van der Waals surface area contributed by atoms with Crippen molar-refractivity contribution in [1.82, 2.24) is 9.55 Å². The monoisotopic (exact) mass is 417 g/mol. The van der Waals surface area contributed by atoms with Crippen molar-refractivity contribution in [2.45, 2.75) is 13.0 Å². The molecular weight excluding hydrogens is 402 g/mol. The van der Waals surface area contributed by atoms with E-state index in [9.17, 15) is 20.0 Å². The Hall–Kier alpha value is -2.50. The van der Waals surface area contributed by atoms with Crippen LogP contribution >= 0.6 is 15.9 Å². The predicted molar refractivity (Wildman–Crippen MR) is 96.6 cm³/mol. The highest BCUT2D eigenvalue weighted by Crippen LogP contribution is 2.24. The number of hydrogen-bond donors (Lipinski definition) is 1. The van der Waals surface area contributed by atoms with Gasteiger partial charge in [-0.25, -0.2) is 4.79 Å². The summed E-state index contributed by atoms with van der Waals surface area (Å²) in [5.74, 6) is -1.51. The number of aromatic nitrogens is 2. The van der Waals surface area contributed by atoms with Crippen molar-refractivity contribution in [2.75, 3.05) is 13.2 Å². The van der Waals surface area contributed by atoms with Crippen molar-refractivity contribution in [3.05, 3.63) is 51.0 Å². The Morgan fingerprint density at radius 3 is 2.92 bits per heavy atom. The lowest BCUT2D eigenvalue weighted by molar-refractivity contribution is 0.0324. The van der Waals surface area contributed by atoms with Crippen LogP contribution in [0.25, 0.3) is 11.3 Å². The lowest BCUT2D eigenvalue weighted by Crippen LogP contribution is -2.30. The third kappa shape index (κ3) is 3.84. The number of carboxylic acids is 1. The topological polar surface area (TPSA) is 105 Å². The summed E-state index contributed by atoms with van der Waals surface area (Å²) in [5.41, 5.74) is -0.267. The maximum Gasteiger partial charge on any atom is 0.341 e. The van der Waals surface area contributed by atoms with Crippen LogP contribution in [-0.2, 0) is 11.3 Å². The minimum absolute atomic E-state index is 0.0311. The molecule has 2 aromatic rings. The third-order valence-corrected chi connectivity index (χ3v) is 4.89. The van der Waals surface area contributed by atoms with Crippen molar-refractivity contribution in [3.63, 3.8) is 0 Å². The summed E-state index contributed by atoms with van der Waals surface area (Å²) in [6.45, 7) is 1.37. The molecule has 134 valence electrons. The standard InChI is InChI=1S/C18H16BrN3O4/c19-13-1-2-16(21-6-13)14-8-22(9-15(17(14)23)18(24)25)7-11-3-4-26-10-12(11)5-20/h1-2,6,8-9,11-12H,3-4,7,10H2,(H,24,25). The van der Waals surface area contributed by atoms with Crippen LogP contribution in [-0.4, -0.2) is 33.8 Å². The Morgan fingerprint density at radius 2 is 2.27 bits per heavy atom. The van der Waals surface area contributed by atoms with Crippen molar-refractivity contribution in [3.8, 4) is 17.3 Å². The van der Waals surface area contributed by atoms with Gasteiger partial charge >= 0.3 is 5.97 Å². The minimum Gasteiger partial charge on any atom is -0.477 e. The SMILES string of the molecule is N#CC1COCCC1Cn1cc(C(=O)O)c(=O)c(-c2ccc(Br)cn2)c1. The molecule has 0 amide bonds. The number of carbonyl (C=O) groups is 1. The average molecular weight is 418 g/mol. The van der Waals surface area contributed by atoms with E-state index in [-0.39, 0.29) is 23.0 Å². The van der Waals surface area contributed by atoms with Gasteiger partial charge in [0.1, 0.15) is 5.56 Å². The molecule has 1 aliphatic rings. The van der Waals surface area contributed by atoms with Gasteiger partial charge < -0.3 is 14.4 Å². The number of nitrogens with zero attached hydrogens (tertiary/aromatic N) is 3. The number of halogens is 1. The summed E-state index contributed by atoms with van der Waals surface area (Å²) in [6.07, 6.45) is 5.20. The van der Waals surface area contributed by atoms with Crippen LogP contribution < -0.4 is 5.43 Å². The Balaban J connectivity index is 2.03. The van der Waals surface area contributed by atoms with E-state index in [1.807, 2.05) is 0 Å². The van der Waals surface area contributed by atoms with E-state index in [1.165, 1.54) is 6.20 Å². The Kier molecular flexibility index (Phi) is 5.49. The summed E-state index contributed by atoms with van der Waals surface area (Å²) in [7, 11) is 0. The predicted octanol–water partition coefficient (Wildman–Crippen LogP) is 2.55. The van der Waals surface area contributed by atoms with Crippen molar-refractivity contribution in [1.29, 1.82) is 5.26 Å². The molecule has 3 rings (SSSR count). The van der Waals surface area contributed by atoms with Gasteiger partial charge in [-0.3, -0.25) is 9.78 Å². The molecule has 0 aromatic carbocycles. The number of aromatic carboxylic acids is 1. The molecule has 0 radical (unpaired) electrons.